The molecule has 2 N–H and O–H groups in total. The first-order valence-corrected chi connectivity index (χ1v) is 6.40. The Morgan fingerprint density at radius 1 is 1.29 bits per heavy atom. The highest BCUT2D eigenvalue weighted by Gasteiger charge is 2.13. The predicted molar refractivity (Wildman–Crippen MR) is 78.2 cm³/mol. The lowest BCUT2D eigenvalue weighted by Gasteiger charge is -2.27. The van der Waals surface area contributed by atoms with Crippen LogP contribution in [0, 0.1) is 13.8 Å². The summed E-state index contributed by atoms with van der Waals surface area (Å²) in [4.78, 5) is 2.86. The van der Waals surface area contributed by atoms with Gasteiger partial charge in [-0.15, -0.1) is 0 Å². The summed E-state index contributed by atoms with van der Waals surface area (Å²) in [5.74, 6) is 0. The van der Waals surface area contributed by atoms with Crippen LogP contribution < -0.4 is 5.73 Å². The monoisotopic (exact) mass is 250 g/mol. The van der Waals surface area contributed by atoms with E-state index >= 15 is 0 Å². The number of nitrogens with zero attached hydrogens (tertiary/aromatic N) is 1. The van der Waals surface area contributed by atoms with Crippen LogP contribution in [0.4, 0.5) is 0 Å². The Bertz CT molecular complexity index is 379. The second-order valence-electron chi connectivity index (χ2n) is 4.84. The quantitative estimate of drug-likeness (QED) is 0.815. The van der Waals surface area contributed by atoms with Gasteiger partial charge in [0.15, 0.2) is 0 Å². The molecule has 0 unspecified atom stereocenters. The van der Waals surface area contributed by atoms with Gasteiger partial charge >= 0.3 is 0 Å². The maximum atomic E-state index is 5.65. The summed E-state index contributed by atoms with van der Waals surface area (Å²) >= 11 is 5.01. The number of benzene rings is 1. The Balaban J connectivity index is 2.89. The molecule has 0 aromatic heterocycles. The van der Waals surface area contributed by atoms with E-state index in [4.69, 9.17) is 18.0 Å². The Morgan fingerprint density at radius 2 is 1.82 bits per heavy atom. The summed E-state index contributed by atoms with van der Waals surface area (Å²) in [6.07, 6.45) is 0. The van der Waals surface area contributed by atoms with Crippen LogP contribution >= 0.6 is 12.2 Å². The predicted octanol–water partition coefficient (Wildman–Crippen LogP) is 2.80. The van der Waals surface area contributed by atoms with E-state index in [2.05, 4.69) is 50.8 Å². The first-order valence-electron chi connectivity index (χ1n) is 5.99. The topological polar surface area (TPSA) is 29.3 Å². The first kappa shape index (κ1) is 14.1. The van der Waals surface area contributed by atoms with Gasteiger partial charge in [-0.3, -0.25) is 4.90 Å². The zero-order valence-corrected chi connectivity index (χ0v) is 12.0. The Hall–Kier alpha value is -0.930. The van der Waals surface area contributed by atoms with Crippen molar-refractivity contribution in [3.05, 3.63) is 34.9 Å². The molecule has 1 aromatic carbocycles. The van der Waals surface area contributed by atoms with Crippen LogP contribution in [0.1, 0.15) is 30.5 Å². The standard InChI is InChI=1S/C14H22N2S/c1-10(2)16(9-14(15)17)8-13-11(3)6-5-7-12(13)4/h5-7,10H,8-9H2,1-4H3,(H2,15,17). The maximum Gasteiger partial charge on any atom is 0.0870 e. The molecule has 0 amide bonds. The van der Waals surface area contributed by atoms with Gasteiger partial charge in [-0.1, -0.05) is 30.4 Å². The van der Waals surface area contributed by atoms with Gasteiger partial charge in [-0.05, 0) is 44.4 Å². The van der Waals surface area contributed by atoms with Crippen molar-refractivity contribution in [2.75, 3.05) is 6.54 Å². The van der Waals surface area contributed by atoms with Gasteiger partial charge in [0.05, 0.1) is 4.99 Å². The van der Waals surface area contributed by atoms with E-state index in [-0.39, 0.29) is 0 Å². The van der Waals surface area contributed by atoms with Crippen LogP contribution in [0.15, 0.2) is 18.2 Å². The summed E-state index contributed by atoms with van der Waals surface area (Å²) < 4.78 is 0. The van der Waals surface area contributed by atoms with Crippen LogP contribution in [0.2, 0.25) is 0 Å². The fourth-order valence-corrected chi connectivity index (χ4v) is 2.09. The largest absolute Gasteiger partial charge is 0.392 e. The molecule has 0 heterocycles. The van der Waals surface area contributed by atoms with E-state index in [0.29, 0.717) is 17.6 Å². The molecule has 0 spiro atoms. The summed E-state index contributed by atoms with van der Waals surface area (Å²) in [6, 6.07) is 6.85. The van der Waals surface area contributed by atoms with Crippen LogP contribution in [0.3, 0.4) is 0 Å². The summed E-state index contributed by atoms with van der Waals surface area (Å²) in [5, 5.41) is 0. The lowest BCUT2D eigenvalue weighted by molar-refractivity contribution is 0.244. The molecule has 0 bridgehead atoms. The zero-order chi connectivity index (χ0) is 13.0. The lowest BCUT2D eigenvalue weighted by atomic mass is 10.0. The van der Waals surface area contributed by atoms with Gasteiger partial charge in [0.2, 0.25) is 0 Å². The van der Waals surface area contributed by atoms with E-state index in [1.807, 2.05) is 0 Å². The zero-order valence-electron chi connectivity index (χ0n) is 11.2. The molecule has 1 rings (SSSR count). The fourth-order valence-electron chi connectivity index (χ4n) is 1.92. The van der Waals surface area contributed by atoms with Gasteiger partial charge < -0.3 is 5.73 Å². The van der Waals surface area contributed by atoms with Crippen molar-refractivity contribution in [2.24, 2.45) is 5.73 Å². The van der Waals surface area contributed by atoms with Gasteiger partial charge in [-0.2, -0.15) is 0 Å². The SMILES string of the molecule is Cc1cccc(C)c1CN(CC(N)=S)C(C)C. The minimum atomic E-state index is 0.440. The third-order valence-electron chi connectivity index (χ3n) is 3.09. The molecule has 0 atom stereocenters. The van der Waals surface area contributed by atoms with Gasteiger partial charge in [0, 0.05) is 19.1 Å². The smallest absolute Gasteiger partial charge is 0.0870 e. The van der Waals surface area contributed by atoms with Gasteiger partial charge in [0.1, 0.15) is 0 Å². The Kier molecular flexibility index (Phi) is 5.09. The van der Waals surface area contributed by atoms with Crippen molar-refractivity contribution in [3.63, 3.8) is 0 Å². The van der Waals surface area contributed by atoms with Crippen LogP contribution in [-0.4, -0.2) is 22.5 Å². The van der Waals surface area contributed by atoms with Crippen molar-refractivity contribution in [1.29, 1.82) is 0 Å². The van der Waals surface area contributed by atoms with Crippen molar-refractivity contribution < 1.29 is 0 Å². The molecule has 0 radical (unpaired) electrons. The summed E-state index contributed by atoms with van der Waals surface area (Å²) in [6.45, 7) is 10.2. The van der Waals surface area contributed by atoms with Gasteiger partial charge in [0.25, 0.3) is 0 Å². The van der Waals surface area contributed by atoms with Crippen molar-refractivity contribution in [3.8, 4) is 0 Å². The minimum absolute atomic E-state index is 0.440. The third kappa shape index (κ3) is 4.10. The molecule has 0 aliphatic carbocycles. The summed E-state index contributed by atoms with van der Waals surface area (Å²) in [5.41, 5.74) is 9.70. The van der Waals surface area contributed by atoms with Crippen LogP contribution in [0.25, 0.3) is 0 Å². The van der Waals surface area contributed by atoms with E-state index in [9.17, 15) is 0 Å². The second-order valence-corrected chi connectivity index (χ2v) is 5.36. The van der Waals surface area contributed by atoms with Crippen molar-refractivity contribution in [1.82, 2.24) is 4.90 Å². The fraction of sp³-hybridized carbons (Fsp3) is 0.500. The molecule has 0 aliphatic heterocycles. The van der Waals surface area contributed by atoms with Crippen molar-refractivity contribution in [2.45, 2.75) is 40.3 Å². The number of thiocarbonyl (C=S) groups is 1. The van der Waals surface area contributed by atoms with Crippen LogP contribution in [-0.2, 0) is 6.54 Å². The average molecular weight is 250 g/mol. The molecular weight excluding hydrogens is 228 g/mol. The van der Waals surface area contributed by atoms with E-state index in [1.54, 1.807) is 0 Å². The highest BCUT2D eigenvalue weighted by molar-refractivity contribution is 7.80. The molecule has 0 fully saturated rings. The van der Waals surface area contributed by atoms with Crippen molar-refractivity contribution >= 4 is 17.2 Å². The molecule has 0 saturated heterocycles. The van der Waals surface area contributed by atoms with E-state index in [1.165, 1.54) is 16.7 Å². The maximum absolute atomic E-state index is 5.65. The average Bonchev–Trinajstić information content (AvgIpc) is 2.21. The number of nitrogens with two attached hydrogens (primary N) is 1. The molecular formula is C14H22N2S. The molecule has 3 heteroatoms. The molecule has 1 aromatic rings. The van der Waals surface area contributed by atoms with Gasteiger partial charge in [-0.25, -0.2) is 0 Å². The molecule has 2 nitrogen and oxygen atoms in total. The molecule has 0 saturated carbocycles. The highest BCUT2D eigenvalue weighted by atomic mass is 32.1. The number of aryl methyl sites for hydroxylation is 2. The van der Waals surface area contributed by atoms with E-state index in [0.717, 1.165) is 6.54 Å². The molecule has 0 aliphatic rings. The summed E-state index contributed by atoms with van der Waals surface area (Å²) in [7, 11) is 0. The lowest BCUT2D eigenvalue weighted by Crippen LogP contribution is -2.37. The number of hydrogen-bond donors (Lipinski definition) is 1. The van der Waals surface area contributed by atoms with Crippen LogP contribution in [0.5, 0.6) is 0 Å². The minimum Gasteiger partial charge on any atom is -0.392 e. The van der Waals surface area contributed by atoms with E-state index < -0.39 is 0 Å². The third-order valence-corrected chi connectivity index (χ3v) is 3.22. The number of rotatable bonds is 5. The number of hydrogen-bond acceptors (Lipinski definition) is 2. The molecule has 17 heavy (non-hydrogen) atoms. The molecule has 94 valence electrons. The normalized spacial score (nSPS) is 11.2. The second kappa shape index (κ2) is 6.12. The Labute approximate surface area is 110 Å². The first-order chi connectivity index (χ1) is 7.91. The Morgan fingerprint density at radius 3 is 2.24 bits per heavy atom. The highest BCUT2D eigenvalue weighted by Crippen LogP contribution is 2.17.